The summed E-state index contributed by atoms with van der Waals surface area (Å²) < 4.78 is 18.5. The van der Waals surface area contributed by atoms with E-state index in [-0.39, 0.29) is 36.3 Å². The van der Waals surface area contributed by atoms with Gasteiger partial charge in [0.15, 0.2) is 0 Å². The van der Waals surface area contributed by atoms with E-state index in [4.69, 9.17) is 14.2 Å². The van der Waals surface area contributed by atoms with Crippen LogP contribution < -0.4 is 5.32 Å². The first-order valence-electron chi connectivity index (χ1n) is 17.4. The number of likely N-dealkylation sites (tertiary alicyclic amines) is 1. The number of hydrogen-bond acceptors (Lipinski definition) is 8. The number of unbranched alkanes of at least 4 members (excludes halogenated alkanes) is 2. The number of methoxy groups -OCH3 is 1. The maximum absolute atomic E-state index is 14.6. The molecular weight excluding hydrogens is 694 g/mol. The van der Waals surface area contributed by atoms with Crippen molar-refractivity contribution >= 4 is 39.6 Å². The number of aliphatic hydroxyl groups is 1. The molecule has 3 fully saturated rings. The van der Waals surface area contributed by atoms with Crippen LogP contribution in [0.25, 0.3) is 0 Å². The molecule has 1 aromatic carbocycles. The number of ether oxygens (including phenoxy) is 3. The monoisotopic (exact) mass is 745 g/mol. The summed E-state index contributed by atoms with van der Waals surface area (Å²) in [5, 5.41) is 13.4. The molecule has 1 aromatic rings. The summed E-state index contributed by atoms with van der Waals surface area (Å²) in [6, 6.07) is 6.65. The Morgan fingerprint density at radius 2 is 1.94 bits per heavy atom. The van der Waals surface area contributed by atoms with Gasteiger partial charge in [-0.1, -0.05) is 85.1 Å². The van der Waals surface area contributed by atoms with Crippen molar-refractivity contribution < 1.29 is 38.5 Å². The first kappa shape index (κ1) is 38.7. The molecule has 4 rings (SSSR count). The highest BCUT2D eigenvalue weighted by molar-refractivity contribution is 9.09. The van der Waals surface area contributed by atoms with Gasteiger partial charge in [0.25, 0.3) is 0 Å². The highest BCUT2D eigenvalue weighted by Crippen LogP contribution is 2.61. The van der Waals surface area contributed by atoms with E-state index < -0.39 is 59.6 Å². The Hall–Kier alpha value is -3.06. The van der Waals surface area contributed by atoms with Gasteiger partial charge in [0.05, 0.1) is 43.2 Å². The minimum Gasteiger partial charge on any atom is -0.455 e. The van der Waals surface area contributed by atoms with Gasteiger partial charge in [0.1, 0.15) is 17.7 Å². The van der Waals surface area contributed by atoms with Gasteiger partial charge in [-0.3, -0.25) is 19.2 Å². The molecule has 0 saturated carbocycles. The number of esters is 1. The maximum Gasteiger partial charge on any atom is 0.313 e. The van der Waals surface area contributed by atoms with Crippen LogP contribution in [-0.4, -0.2) is 107 Å². The molecular formula is C37H52BrN3O8. The average Bonchev–Trinajstić information content (AvgIpc) is 3.69. The lowest BCUT2D eigenvalue weighted by Gasteiger charge is -2.39. The van der Waals surface area contributed by atoms with Crippen LogP contribution in [0.3, 0.4) is 0 Å². The van der Waals surface area contributed by atoms with Crippen LogP contribution in [0.1, 0.15) is 70.5 Å². The van der Waals surface area contributed by atoms with Crippen molar-refractivity contribution in [1.82, 2.24) is 15.1 Å². The molecule has 3 amide bonds. The van der Waals surface area contributed by atoms with Crippen LogP contribution >= 0.6 is 15.9 Å². The van der Waals surface area contributed by atoms with Crippen molar-refractivity contribution in [2.75, 3.05) is 33.4 Å². The molecule has 3 aliphatic heterocycles. The lowest BCUT2D eigenvalue weighted by Crippen LogP contribution is -2.59. The van der Waals surface area contributed by atoms with Gasteiger partial charge in [0, 0.05) is 31.4 Å². The molecule has 1 spiro atoms. The van der Waals surface area contributed by atoms with Crippen molar-refractivity contribution in [2.24, 2.45) is 11.8 Å². The number of carbonyl (C=O) groups is 4. The van der Waals surface area contributed by atoms with E-state index in [9.17, 15) is 24.3 Å². The number of alkyl halides is 1. The third-order valence-electron chi connectivity index (χ3n) is 10.0. The Labute approximate surface area is 298 Å². The summed E-state index contributed by atoms with van der Waals surface area (Å²) >= 11 is 3.73. The number of allylic oxidation sites excluding steroid dienone is 1. The number of carbonyl (C=O) groups excluding carboxylic acids is 4. The zero-order valence-corrected chi connectivity index (χ0v) is 30.5. The fraction of sp³-hybridized carbons (Fsp3) is 0.622. The molecule has 3 saturated heterocycles. The number of rotatable bonds is 20. The fourth-order valence-electron chi connectivity index (χ4n) is 7.72. The zero-order chi connectivity index (χ0) is 35.7. The van der Waals surface area contributed by atoms with Crippen LogP contribution in [-0.2, 0) is 33.4 Å². The largest absolute Gasteiger partial charge is 0.455 e. The minimum absolute atomic E-state index is 0.0564. The van der Waals surface area contributed by atoms with Gasteiger partial charge in [0.2, 0.25) is 17.7 Å². The molecule has 3 heterocycles. The predicted molar refractivity (Wildman–Crippen MR) is 189 cm³/mol. The molecule has 0 aromatic heterocycles. The summed E-state index contributed by atoms with van der Waals surface area (Å²) in [5.41, 5.74) is -0.668. The SMILES string of the molecule is C=CCCC(=O)N[C@H](COC)[C@H](OC(=O)[C@H]1[C@@H]2O[C@@]3(CC2Br)[C@@H]1C(=O)N([C@@H](CC)CO)[C@@H]3C(=O)N(CC=C)CCCCC)c1ccccc1. The van der Waals surface area contributed by atoms with Crippen molar-refractivity contribution in [3.05, 3.63) is 61.2 Å². The molecule has 2 N–H and O–H groups in total. The highest BCUT2D eigenvalue weighted by atomic mass is 79.9. The second-order valence-corrected chi connectivity index (χ2v) is 14.3. The van der Waals surface area contributed by atoms with Crippen LogP contribution in [0.4, 0.5) is 0 Å². The minimum atomic E-state index is -1.31. The van der Waals surface area contributed by atoms with E-state index in [2.05, 4.69) is 41.3 Å². The lowest BCUT2D eigenvalue weighted by atomic mass is 9.70. The van der Waals surface area contributed by atoms with E-state index >= 15 is 0 Å². The van der Waals surface area contributed by atoms with Gasteiger partial charge in [-0.15, -0.1) is 13.2 Å². The highest BCUT2D eigenvalue weighted by Gasteiger charge is 2.77. The Bertz CT molecular complexity index is 1330. The first-order valence-corrected chi connectivity index (χ1v) is 18.3. The number of hydrogen-bond donors (Lipinski definition) is 2. The smallest absolute Gasteiger partial charge is 0.313 e. The summed E-state index contributed by atoms with van der Waals surface area (Å²) in [6.45, 7) is 12.0. The lowest BCUT2D eigenvalue weighted by molar-refractivity contribution is -0.163. The topological polar surface area (TPSA) is 135 Å². The van der Waals surface area contributed by atoms with Gasteiger partial charge >= 0.3 is 5.97 Å². The summed E-state index contributed by atoms with van der Waals surface area (Å²) in [7, 11) is 1.50. The van der Waals surface area contributed by atoms with E-state index in [0.29, 0.717) is 37.9 Å². The molecule has 2 bridgehead atoms. The third kappa shape index (κ3) is 7.97. The Kier molecular flexibility index (Phi) is 14.0. The molecule has 0 aliphatic carbocycles. The molecule has 3 aliphatic rings. The molecule has 49 heavy (non-hydrogen) atoms. The Morgan fingerprint density at radius 3 is 2.55 bits per heavy atom. The molecule has 12 heteroatoms. The molecule has 1 unspecified atom stereocenters. The van der Waals surface area contributed by atoms with Crippen LogP contribution in [0.2, 0.25) is 0 Å². The van der Waals surface area contributed by atoms with Crippen molar-refractivity contribution in [2.45, 2.75) is 99.6 Å². The van der Waals surface area contributed by atoms with Gasteiger partial charge < -0.3 is 34.4 Å². The Morgan fingerprint density at radius 1 is 1.20 bits per heavy atom. The van der Waals surface area contributed by atoms with Gasteiger partial charge in [-0.2, -0.15) is 0 Å². The third-order valence-corrected chi connectivity index (χ3v) is 10.9. The number of aliphatic hydroxyl groups excluding tert-OH is 1. The number of amides is 3. The standard InChI is InChI=1S/C37H52BrN3O8/c1-6-10-15-20-40(19-8-3)35(45)33-37-21-26(38)32(49-37)29(30(37)34(44)41(33)25(9-4)22-42)36(46)48-31(24-16-13-12-14-17-24)27(23-47-5)39-28(43)18-11-7-2/h7-8,12-14,16-17,25-27,29-33,42H,2-3,6,9-11,15,18-23H2,1,4-5H3,(H,39,43)/t25-,26?,27+,29+,30-,31+,32+,33+,37-/m0/s1. The van der Waals surface area contributed by atoms with Crippen molar-refractivity contribution in [3.8, 4) is 0 Å². The molecule has 0 radical (unpaired) electrons. The zero-order valence-electron chi connectivity index (χ0n) is 28.9. The molecule has 270 valence electrons. The second kappa shape index (κ2) is 17.7. The summed E-state index contributed by atoms with van der Waals surface area (Å²) in [6.07, 6.45) is 5.77. The van der Waals surface area contributed by atoms with E-state index in [0.717, 1.165) is 19.3 Å². The summed E-state index contributed by atoms with van der Waals surface area (Å²) in [4.78, 5) is 59.3. The maximum atomic E-state index is 14.6. The number of benzene rings is 1. The van der Waals surface area contributed by atoms with Crippen molar-refractivity contribution in [1.29, 1.82) is 0 Å². The Balaban J connectivity index is 1.73. The second-order valence-electron chi connectivity index (χ2n) is 13.2. The van der Waals surface area contributed by atoms with Gasteiger partial charge in [-0.25, -0.2) is 0 Å². The first-order chi connectivity index (χ1) is 23.6. The van der Waals surface area contributed by atoms with Crippen LogP contribution in [0.15, 0.2) is 55.6 Å². The number of nitrogens with zero attached hydrogens (tertiary/aromatic N) is 2. The van der Waals surface area contributed by atoms with Gasteiger partial charge in [-0.05, 0) is 31.2 Å². The van der Waals surface area contributed by atoms with E-state index in [1.54, 1.807) is 29.2 Å². The molecule has 11 nitrogen and oxygen atoms in total. The van der Waals surface area contributed by atoms with E-state index in [1.165, 1.54) is 12.0 Å². The number of halogens is 1. The molecule has 9 atom stereocenters. The summed E-state index contributed by atoms with van der Waals surface area (Å²) in [5.74, 6) is -3.65. The van der Waals surface area contributed by atoms with Crippen LogP contribution in [0, 0.1) is 11.8 Å². The van der Waals surface area contributed by atoms with Crippen molar-refractivity contribution in [3.63, 3.8) is 0 Å². The average molecular weight is 747 g/mol. The quantitative estimate of drug-likeness (QED) is 0.0883. The van der Waals surface area contributed by atoms with Crippen LogP contribution in [0.5, 0.6) is 0 Å². The normalized spacial score (nSPS) is 27.2. The van der Waals surface area contributed by atoms with E-state index in [1.807, 2.05) is 25.1 Å². The number of fused-ring (bicyclic) bond motifs is 1. The predicted octanol–water partition coefficient (Wildman–Crippen LogP) is 4.09. The fourth-order valence-corrected chi connectivity index (χ4v) is 8.66. The number of nitrogens with one attached hydrogen (secondary N) is 1.